The molecule has 1 heterocycles. The van der Waals surface area contributed by atoms with E-state index in [1.165, 1.54) is 5.56 Å². The molecule has 4 heteroatoms. The van der Waals surface area contributed by atoms with Crippen LogP contribution in [0.5, 0.6) is 5.75 Å². The highest BCUT2D eigenvalue weighted by molar-refractivity contribution is 5.75. The van der Waals surface area contributed by atoms with Gasteiger partial charge in [0.1, 0.15) is 5.75 Å². The van der Waals surface area contributed by atoms with E-state index in [1.807, 2.05) is 24.0 Å². The zero-order valence-corrected chi connectivity index (χ0v) is 14.2. The van der Waals surface area contributed by atoms with E-state index in [-0.39, 0.29) is 17.5 Å². The number of benzene rings is 1. The number of carbonyl (C=O) groups excluding carboxylic acids is 1. The van der Waals surface area contributed by atoms with Gasteiger partial charge < -0.3 is 15.0 Å². The van der Waals surface area contributed by atoms with Crippen LogP contribution in [-0.2, 0) is 0 Å². The molecule has 1 aromatic carbocycles. The van der Waals surface area contributed by atoms with Crippen molar-refractivity contribution >= 4 is 6.03 Å². The van der Waals surface area contributed by atoms with E-state index in [1.54, 1.807) is 0 Å². The second-order valence-electron chi connectivity index (χ2n) is 7.07. The maximum absolute atomic E-state index is 12.4. The van der Waals surface area contributed by atoms with Crippen LogP contribution in [-0.4, -0.2) is 30.6 Å². The minimum atomic E-state index is 0.0475. The largest absolute Gasteiger partial charge is 0.494 e. The minimum absolute atomic E-state index is 0.0475. The molecule has 1 fully saturated rings. The molecule has 2 amide bonds. The van der Waals surface area contributed by atoms with Gasteiger partial charge in [-0.25, -0.2) is 4.79 Å². The molecule has 0 bridgehead atoms. The Morgan fingerprint density at radius 2 is 2.00 bits per heavy atom. The molecule has 0 aromatic heterocycles. The summed E-state index contributed by atoms with van der Waals surface area (Å²) in [6.45, 7) is 10.5. The van der Waals surface area contributed by atoms with Crippen molar-refractivity contribution < 1.29 is 9.53 Å². The van der Waals surface area contributed by atoms with Crippen molar-refractivity contribution in [1.29, 1.82) is 0 Å². The lowest BCUT2D eigenvalue weighted by atomic mass is 9.97. The molecule has 1 N–H and O–H groups in total. The van der Waals surface area contributed by atoms with Crippen LogP contribution in [0.25, 0.3) is 0 Å². The normalized spacial score (nSPS) is 18.4. The third kappa shape index (κ3) is 4.39. The smallest absolute Gasteiger partial charge is 0.317 e. The number of nitrogens with one attached hydrogen (secondary N) is 1. The zero-order chi connectivity index (χ0) is 16.2. The van der Waals surface area contributed by atoms with Crippen molar-refractivity contribution in [3.8, 4) is 5.75 Å². The second-order valence-corrected chi connectivity index (χ2v) is 7.07. The Morgan fingerprint density at radius 3 is 2.59 bits per heavy atom. The summed E-state index contributed by atoms with van der Waals surface area (Å²) in [5, 5.41) is 3.06. The third-order valence-electron chi connectivity index (χ3n) is 3.86. The maximum atomic E-state index is 12.4. The number of carbonyl (C=O) groups is 1. The van der Waals surface area contributed by atoms with Crippen LogP contribution >= 0.6 is 0 Å². The van der Waals surface area contributed by atoms with Crippen molar-refractivity contribution in [2.24, 2.45) is 5.41 Å². The molecule has 0 radical (unpaired) electrons. The van der Waals surface area contributed by atoms with Crippen molar-refractivity contribution in [3.05, 3.63) is 29.8 Å². The molecular formula is C18H28N2O2. The van der Waals surface area contributed by atoms with Crippen LogP contribution in [0.4, 0.5) is 4.79 Å². The maximum Gasteiger partial charge on any atom is 0.317 e. The highest BCUT2D eigenvalue weighted by atomic mass is 16.5. The van der Waals surface area contributed by atoms with E-state index in [4.69, 9.17) is 4.74 Å². The van der Waals surface area contributed by atoms with Crippen LogP contribution < -0.4 is 10.1 Å². The summed E-state index contributed by atoms with van der Waals surface area (Å²) < 4.78 is 5.48. The summed E-state index contributed by atoms with van der Waals surface area (Å²) in [4.78, 5) is 14.4. The van der Waals surface area contributed by atoms with Crippen LogP contribution in [0, 0.1) is 5.41 Å². The predicted molar refractivity (Wildman–Crippen MR) is 89.1 cm³/mol. The van der Waals surface area contributed by atoms with Gasteiger partial charge in [0, 0.05) is 13.1 Å². The molecule has 1 aromatic rings. The van der Waals surface area contributed by atoms with E-state index < -0.39 is 0 Å². The molecular weight excluding hydrogens is 276 g/mol. The molecule has 0 spiro atoms. The van der Waals surface area contributed by atoms with Crippen molar-refractivity contribution in [3.63, 3.8) is 0 Å². The van der Waals surface area contributed by atoms with Gasteiger partial charge in [-0.3, -0.25) is 0 Å². The average Bonchev–Trinajstić information content (AvgIpc) is 2.94. The zero-order valence-electron chi connectivity index (χ0n) is 14.2. The summed E-state index contributed by atoms with van der Waals surface area (Å²) in [7, 11) is 0. The molecule has 22 heavy (non-hydrogen) atoms. The number of ether oxygens (including phenoxy) is 1. The lowest BCUT2D eigenvalue weighted by molar-refractivity contribution is 0.188. The van der Waals surface area contributed by atoms with Gasteiger partial charge in [0.05, 0.1) is 12.6 Å². The molecule has 1 atom stereocenters. The van der Waals surface area contributed by atoms with Gasteiger partial charge in [0.25, 0.3) is 0 Å². The first-order valence-corrected chi connectivity index (χ1v) is 8.18. The highest BCUT2D eigenvalue weighted by Crippen LogP contribution is 2.32. The van der Waals surface area contributed by atoms with Crippen molar-refractivity contribution in [2.45, 2.75) is 46.6 Å². The van der Waals surface area contributed by atoms with Gasteiger partial charge in [-0.1, -0.05) is 32.9 Å². The fourth-order valence-electron chi connectivity index (χ4n) is 2.75. The number of urea groups is 1. The van der Waals surface area contributed by atoms with Crippen molar-refractivity contribution in [2.75, 3.05) is 19.7 Å². The minimum Gasteiger partial charge on any atom is -0.494 e. The highest BCUT2D eigenvalue weighted by Gasteiger charge is 2.30. The summed E-state index contributed by atoms with van der Waals surface area (Å²) in [6.07, 6.45) is 2.08. The molecule has 4 nitrogen and oxygen atoms in total. The lowest BCUT2D eigenvalue weighted by Gasteiger charge is -2.27. The van der Waals surface area contributed by atoms with Crippen LogP contribution in [0.15, 0.2) is 24.3 Å². The summed E-state index contributed by atoms with van der Waals surface area (Å²) >= 11 is 0. The molecule has 1 aliphatic heterocycles. The van der Waals surface area contributed by atoms with Gasteiger partial charge in [-0.15, -0.1) is 0 Å². The molecule has 122 valence electrons. The van der Waals surface area contributed by atoms with Crippen LogP contribution in [0.2, 0.25) is 0 Å². The Balaban J connectivity index is 2.02. The first-order valence-electron chi connectivity index (χ1n) is 8.18. The van der Waals surface area contributed by atoms with Gasteiger partial charge in [0.15, 0.2) is 0 Å². The lowest BCUT2D eigenvalue weighted by Crippen LogP contribution is -2.42. The second kappa shape index (κ2) is 7.03. The van der Waals surface area contributed by atoms with Gasteiger partial charge >= 0.3 is 6.03 Å². The van der Waals surface area contributed by atoms with E-state index >= 15 is 0 Å². The van der Waals surface area contributed by atoms with Crippen LogP contribution in [0.1, 0.15) is 52.1 Å². The average molecular weight is 304 g/mol. The van der Waals surface area contributed by atoms with Gasteiger partial charge in [-0.05, 0) is 42.9 Å². The standard InChI is InChI=1S/C18H28N2O2/c1-5-22-15-10-8-14(9-11-15)16-7-6-12-20(16)17(21)19-13-18(2,3)4/h8-11,16H,5-7,12-13H2,1-4H3,(H,19,21). The first-order chi connectivity index (χ1) is 10.4. The Bertz CT molecular complexity index is 491. The Hall–Kier alpha value is -1.71. The quantitative estimate of drug-likeness (QED) is 0.914. The fourth-order valence-corrected chi connectivity index (χ4v) is 2.75. The molecule has 0 aliphatic carbocycles. The molecule has 1 aliphatic rings. The topological polar surface area (TPSA) is 41.6 Å². The molecule has 0 saturated carbocycles. The monoisotopic (exact) mass is 304 g/mol. The van der Waals surface area contributed by atoms with Gasteiger partial charge in [0.2, 0.25) is 0 Å². The molecule has 2 rings (SSSR count). The number of hydrogen-bond acceptors (Lipinski definition) is 2. The van der Waals surface area contributed by atoms with Gasteiger partial charge in [-0.2, -0.15) is 0 Å². The number of likely N-dealkylation sites (tertiary alicyclic amines) is 1. The number of nitrogens with zero attached hydrogens (tertiary/aromatic N) is 1. The van der Waals surface area contributed by atoms with Crippen molar-refractivity contribution in [1.82, 2.24) is 10.2 Å². The van der Waals surface area contributed by atoms with E-state index in [9.17, 15) is 4.79 Å². The molecule has 1 saturated heterocycles. The number of rotatable bonds is 4. The summed E-state index contributed by atoms with van der Waals surface area (Å²) in [5.74, 6) is 0.882. The first kappa shape index (κ1) is 16.7. The summed E-state index contributed by atoms with van der Waals surface area (Å²) in [6, 6.07) is 8.35. The summed E-state index contributed by atoms with van der Waals surface area (Å²) in [5.41, 5.74) is 1.29. The number of hydrogen-bond donors (Lipinski definition) is 1. The van der Waals surface area contributed by atoms with E-state index in [0.29, 0.717) is 13.2 Å². The molecule has 1 unspecified atom stereocenters. The number of amides is 2. The fraction of sp³-hybridized carbons (Fsp3) is 0.611. The van der Waals surface area contributed by atoms with Crippen LogP contribution in [0.3, 0.4) is 0 Å². The predicted octanol–water partition coefficient (Wildman–Crippen LogP) is 3.98. The third-order valence-corrected chi connectivity index (χ3v) is 3.86. The Morgan fingerprint density at radius 1 is 1.32 bits per heavy atom. The Labute approximate surface area is 133 Å². The van der Waals surface area contributed by atoms with E-state index in [0.717, 1.165) is 25.1 Å². The SMILES string of the molecule is CCOc1ccc(C2CCCN2C(=O)NCC(C)(C)C)cc1. The Kier molecular flexibility index (Phi) is 5.33. The van der Waals surface area contributed by atoms with E-state index in [2.05, 4.69) is 38.2 Å².